The van der Waals surface area contributed by atoms with Gasteiger partial charge in [0.05, 0.1) is 55.3 Å². The third-order valence-electron chi connectivity index (χ3n) is 5.35. The highest BCUT2D eigenvalue weighted by atomic mass is 32.1. The lowest BCUT2D eigenvalue weighted by atomic mass is 10.1. The predicted octanol–water partition coefficient (Wildman–Crippen LogP) is 5.98. The summed E-state index contributed by atoms with van der Waals surface area (Å²) in [7, 11) is 4.82. The van der Waals surface area contributed by atoms with Gasteiger partial charge < -0.3 is 14.2 Å². The summed E-state index contributed by atoms with van der Waals surface area (Å²) in [6.45, 7) is 0. The van der Waals surface area contributed by atoms with E-state index in [0.29, 0.717) is 17.2 Å². The van der Waals surface area contributed by atoms with E-state index in [0.717, 1.165) is 37.7 Å². The van der Waals surface area contributed by atoms with Crippen LogP contribution in [0.1, 0.15) is 0 Å². The zero-order valence-electron chi connectivity index (χ0n) is 18.2. The van der Waals surface area contributed by atoms with Gasteiger partial charge in [0.1, 0.15) is 28.1 Å². The number of rotatable bonds is 6. The number of methoxy groups -OCH3 is 3. The van der Waals surface area contributed by atoms with Crippen LogP contribution in [0.4, 0.5) is 4.39 Å². The molecule has 0 saturated carbocycles. The number of aromatic nitrogens is 3. The quantitative estimate of drug-likeness (QED) is 0.311. The van der Waals surface area contributed by atoms with Crippen molar-refractivity contribution in [3.63, 3.8) is 0 Å². The third kappa shape index (κ3) is 3.78. The summed E-state index contributed by atoms with van der Waals surface area (Å²) in [5.74, 6) is 1.61. The Balaban J connectivity index is 1.55. The molecule has 0 aliphatic heterocycles. The Morgan fingerprint density at radius 2 is 1.61 bits per heavy atom. The lowest BCUT2D eigenvalue weighted by molar-refractivity contribution is 0.377. The van der Waals surface area contributed by atoms with E-state index in [-0.39, 0.29) is 5.82 Å². The van der Waals surface area contributed by atoms with Crippen molar-refractivity contribution < 1.29 is 18.6 Å². The fourth-order valence-corrected chi connectivity index (χ4v) is 4.73. The van der Waals surface area contributed by atoms with Gasteiger partial charge in [0.15, 0.2) is 0 Å². The van der Waals surface area contributed by atoms with Crippen molar-refractivity contribution in [3.8, 4) is 44.8 Å². The van der Waals surface area contributed by atoms with Gasteiger partial charge in [0.2, 0.25) is 0 Å². The van der Waals surface area contributed by atoms with Gasteiger partial charge in [-0.3, -0.25) is 4.57 Å². The summed E-state index contributed by atoms with van der Waals surface area (Å²) in [5, 5.41) is 0.839. The van der Waals surface area contributed by atoms with E-state index in [2.05, 4.69) is 9.97 Å². The van der Waals surface area contributed by atoms with Crippen LogP contribution in [0.2, 0.25) is 0 Å². The second-order valence-corrected chi connectivity index (χ2v) is 8.26. The first-order valence-electron chi connectivity index (χ1n) is 10.1. The molecule has 0 spiro atoms. The molecule has 3 aromatic carbocycles. The van der Waals surface area contributed by atoms with Gasteiger partial charge in [-0.15, -0.1) is 11.3 Å². The van der Waals surface area contributed by atoms with Gasteiger partial charge in [-0.05, 0) is 42.5 Å². The highest BCUT2D eigenvalue weighted by Gasteiger charge is 2.19. The van der Waals surface area contributed by atoms with E-state index in [4.69, 9.17) is 14.2 Å². The number of imidazole rings is 1. The molecule has 0 radical (unpaired) electrons. The molecule has 0 N–H and O–H groups in total. The van der Waals surface area contributed by atoms with E-state index < -0.39 is 0 Å². The van der Waals surface area contributed by atoms with Crippen molar-refractivity contribution in [1.29, 1.82) is 0 Å². The van der Waals surface area contributed by atoms with Gasteiger partial charge in [-0.1, -0.05) is 0 Å². The molecule has 0 atom stereocenters. The van der Waals surface area contributed by atoms with E-state index in [1.807, 2.05) is 41.0 Å². The molecule has 0 saturated heterocycles. The molecule has 166 valence electrons. The van der Waals surface area contributed by atoms with E-state index in [9.17, 15) is 4.39 Å². The van der Waals surface area contributed by atoms with Crippen molar-refractivity contribution in [2.45, 2.75) is 0 Å². The van der Waals surface area contributed by atoms with Crippen molar-refractivity contribution >= 4 is 21.6 Å². The van der Waals surface area contributed by atoms with Crippen LogP contribution in [0.3, 0.4) is 0 Å². The first-order chi connectivity index (χ1) is 16.1. The first kappa shape index (κ1) is 21.0. The molecular weight excluding hydrogens is 441 g/mol. The maximum Gasteiger partial charge on any atom is 0.135 e. The molecule has 0 unspecified atom stereocenters. The van der Waals surface area contributed by atoms with Crippen LogP contribution in [0.15, 0.2) is 67.1 Å². The summed E-state index contributed by atoms with van der Waals surface area (Å²) in [6.07, 6.45) is 3.51. The van der Waals surface area contributed by atoms with E-state index >= 15 is 0 Å². The Labute approximate surface area is 193 Å². The second-order valence-electron chi connectivity index (χ2n) is 7.23. The van der Waals surface area contributed by atoms with Crippen LogP contribution >= 0.6 is 11.3 Å². The summed E-state index contributed by atoms with van der Waals surface area (Å²) < 4.78 is 32.9. The standard InChI is InChI=1S/C25H20FN3O3S/c1-30-18-11-21(31-2)24(22(12-18)32-3)20-13-27-14-29(20)17-7-4-15(5-8-17)25-28-19-9-6-16(26)10-23(19)33-25/h4-14H,1-3H3. The Kier molecular flexibility index (Phi) is 5.43. The summed E-state index contributed by atoms with van der Waals surface area (Å²) in [5.41, 5.74) is 4.25. The normalized spacial score (nSPS) is 11.0. The monoisotopic (exact) mass is 461 g/mol. The van der Waals surface area contributed by atoms with Gasteiger partial charge in [-0.25, -0.2) is 14.4 Å². The lowest BCUT2D eigenvalue weighted by Gasteiger charge is -2.16. The van der Waals surface area contributed by atoms with Crippen molar-refractivity contribution in [3.05, 3.63) is 72.9 Å². The Morgan fingerprint density at radius 1 is 0.879 bits per heavy atom. The van der Waals surface area contributed by atoms with Gasteiger partial charge in [0.25, 0.3) is 0 Å². The van der Waals surface area contributed by atoms with Gasteiger partial charge in [-0.2, -0.15) is 0 Å². The molecular formula is C25H20FN3O3S. The zero-order chi connectivity index (χ0) is 22.9. The second kappa shape index (κ2) is 8.55. The van der Waals surface area contributed by atoms with Crippen LogP contribution in [0.25, 0.3) is 37.7 Å². The molecule has 0 bridgehead atoms. The molecule has 2 heterocycles. The molecule has 0 aliphatic carbocycles. The number of hydrogen-bond acceptors (Lipinski definition) is 6. The third-order valence-corrected chi connectivity index (χ3v) is 6.42. The van der Waals surface area contributed by atoms with Crippen molar-refractivity contribution in [2.24, 2.45) is 0 Å². The number of hydrogen-bond donors (Lipinski definition) is 0. The highest BCUT2D eigenvalue weighted by Crippen LogP contribution is 2.42. The Morgan fingerprint density at radius 3 is 2.27 bits per heavy atom. The van der Waals surface area contributed by atoms with Gasteiger partial charge in [0, 0.05) is 23.4 Å². The summed E-state index contributed by atoms with van der Waals surface area (Å²) >= 11 is 1.47. The predicted molar refractivity (Wildman–Crippen MR) is 127 cm³/mol. The minimum absolute atomic E-state index is 0.259. The van der Waals surface area contributed by atoms with Crippen LogP contribution in [0.5, 0.6) is 17.2 Å². The molecule has 5 aromatic rings. The van der Waals surface area contributed by atoms with Crippen LogP contribution in [-0.4, -0.2) is 35.9 Å². The van der Waals surface area contributed by atoms with Crippen LogP contribution in [-0.2, 0) is 0 Å². The number of ether oxygens (including phenoxy) is 3. The Bertz CT molecular complexity index is 1420. The largest absolute Gasteiger partial charge is 0.496 e. The molecule has 0 amide bonds. The fourth-order valence-electron chi connectivity index (χ4n) is 3.73. The topological polar surface area (TPSA) is 58.4 Å². The molecule has 6 nitrogen and oxygen atoms in total. The number of benzene rings is 3. The molecule has 8 heteroatoms. The molecule has 0 fully saturated rings. The Hall–Kier alpha value is -3.91. The van der Waals surface area contributed by atoms with Gasteiger partial charge >= 0.3 is 0 Å². The summed E-state index contributed by atoms with van der Waals surface area (Å²) in [6, 6.07) is 16.3. The first-order valence-corrected chi connectivity index (χ1v) is 10.9. The SMILES string of the molecule is COc1cc(OC)c(-c2cncn2-c2ccc(-c3nc4ccc(F)cc4s3)cc2)c(OC)c1. The van der Waals surface area contributed by atoms with E-state index in [1.54, 1.807) is 39.9 Å². The van der Waals surface area contributed by atoms with E-state index in [1.165, 1.54) is 23.5 Å². The smallest absolute Gasteiger partial charge is 0.135 e. The average Bonchev–Trinajstić information content (AvgIpc) is 3.50. The fraction of sp³-hybridized carbons (Fsp3) is 0.120. The van der Waals surface area contributed by atoms with Crippen LogP contribution in [0, 0.1) is 5.82 Å². The molecule has 2 aromatic heterocycles. The van der Waals surface area contributed by atoms with Crippen LogP contribution < -0.4 is 14.2 Å². The maximum absolute atomic E-state index is 13.5. The maximum atomic E-state index is 13.5. The summed E-state index contributed by atoms with van der Waals surface area (Å²) in [4.78, 5) is 8.99. The van der Waals surface area contributed by atoms with Crippen molar-refractivity contribution in [1.82, 2.24) is 14.5 Å². The number of halogens is 1. The molecule has 5 rings (SSSR count). The molecule has 33 heavy (non-hydrogen) atoms. The number of nitrogens with zero attached hydrogens (tertiary/aromatic N) is 3. The minimum Gasteiger partial charge on any atom is -0.496 e. The minimum atomic E-state index is -0.259. The highest BCUT2D eigenvalue weighted by molar-refractivity contribution is 7.21. The number of fused-ring (bicyclic) bond motifs is 1. The lowest BCUT2D eigenvalue weighted by Crippen LogP contribution is -2.00. The average molecular weight is 462 g/mol. The number of thiazole rings is 1. The zero-order valence-corrected chi connectivity index (χ0v) is 19.0. The van der Waals surface area contributed by atoms with Crippen molar-refractivity contribution in [2.75, 3.05) is 21.3 Å². The molecule has 0 aliphatic rings.